The smallest absolute Gasteiger partial charge is 0.344 e. The van der Waals surface area contributed by atoms with Crippen molar-refractivity contribution in [2.24, 2.45) is 0 Å². The Bertz CT molecular complexity index is 418. The van der Waals surface area contributed by atoms with Gasteiger partial charge in [0.1, 0.15) is 5.60 Å². The molecule has 0 saturated carbocycles. The van der Waals surface area contributed by atoms with E-state index < -0.39 is 11.6 Å². The number of ether oxygens (including phenoxy) is 3. The van der Waals surface area contributed by atoms with Gasteiger partial charge in [0, 0.05) is 0 Å². The molecule has 0 spiro atoms. The second-order valence-corrected chi connectivity index (χ2v) is 5.03. The van der Waals surface area contributed by atoms with Crippen LogP contribution in [-0.4, -0.2) is 25.3 Å². The van der Waals surface area contributed by atoms with Crippen molar-refractivity contribution in [3.63, 3.8) is 0 Å². The van der Waals surface area contributed by atoms with E-state index in [0.29, 0.717) is 11.5 Å². The summed E-state index contributed by atoms with van der Waals surface area (Å²) in [5.74, 6) is 0.748. The number of carbonyl (C=O) groups is 1. The number of hydrogen-bond acceptors (Lipinski definition) is 4. The number of aryl methyl sites for hydroxylation is 1. The summed E-state index contributed by atoms with van der Waals surface area (Å²) in [4.78, 5) is 11.5. The maximum atomic E-state index is 11.5. The second-order valence-electron chi connectivity index (χ2n) is 5.03. The zero-order chi connectivity index (χ0) is 13.8. The summed E-state index contributed by atoms with van der Waals surface area (Å²) in [5.41, 5.74) is 0.564. The number of rotatable bonds is 4. The molecule has 100 valence electrons. The van der Waals surface area contributed by atoms with Crippen LogP contribution < -0.4 is 9.47 Å². The lowest BCUT2D eigenvalue weighted by Gasteiger charge is -2.19. The van der Waals surface area contributed by atoms with Gasteiger partial charge < -0.3 is 14.2 Å². The van der Waals surface area contributed by atoms with Gasteiger partial charge in [-0.2, -0.15) is 0 Å². The number of carbonyl (C=O) groups excluding carboxylic acids is 1. The summed E-state index contributed by atoms with van der Waals surface area (Å²) >= 11 is 0. The molecule has 0 N–H and O–H groups in total. The molecule has 0 radical (unpaired) electrons. The van der Waals surface area contributed by atoms with Crippen LogP contribution in [0.25, 0.3) is 0 Å². The van der Waals surface area contributed by atoms with Crippen LogP contribution in [0.1, 0.15) is 26.3 Å². The molecule has 0 aromatic heterocycles. The number of esters is 1. The Labute approximate surface area is 108 Å². The molecule has 0 saturated heterocycles. The van der Waals surface area contributed by atoms with Crippen LogP contribution in [0, 0.1) is 6.92 Å². The van der Waals surface area contributed by atoms with Crippen molar-refractivity contribution in [3.8, 4) is 11.5 Å². The molecule has 0 atom stereocenters. The van der Waals surface area contributed by atoms with E-state index in [4.69, 9.17) is 14.2 Å². The minimum atomic E-state index is -0.502. The molecular weight excluding hydrogens is 232 g/mol. The third-order valence-corrected chi connectivity index (χ3v) is 2.08. The van der Waals surface area contributed by atoms with Crippen molar-refractivity contribution in [1.82, 2.24) is 0 Å². The van der Waals surface area contributed by atoms with Gasteiger partial charge in [-0.3, -0.25) is 0 Å². The molecule has 1 aromatic carbocycles. The van der Waals surface area contributed by atoms with Gasteiger partial charge in [0.25, 0.3) is 0 Å². The van der Waals surface area contributed by atoms with Gasteiger partial charge >= 0.3 is 5.97 Å². The topological polar surface area (TPSA) is 44.8 Å². The lowest BCUT2D eigenvalue weighted by Crippen LogP contribution is -2.27. The standard InChI is InChI=1S/C14H20O4/c1-10-6-7-11(12(8-10)16-5)17-9-13(15)18-14(2,3)4/h6-8H,9H2,1-5H3. The fraction of sp³-hybridized carbons (Fsp3) is 0.500. The average Bonchev–Trinajstić information content (AvgIpc) is 2.24. The van der Waals surface area contributed by atoms with Crippen molar-refractivity contribution < 1.29 is 19.0 Å². The van der Waals surface area contributed by atoms with E-state index in [1.54, 1.807) is 13.2 Å². The summed E-state index contributed by atoms with van der Waals surface area (Å²) in [6.07, 6.45) is 0. The molecule has 0 heterocycles. The van der Waals surface area contributed by atoms with Gasteiger partial charge in [-0.25, -0.2) is 4.79 Å². The van der Waals surface area contributed by atoms with Gasteiger partial charge in [-0.05, 0) is 45.4 Å². The maximum absolute atomic E-state index is 11.5. The Morgan fingerprint density at radius 3 is 2.44 bits per heavy atom. The molecule has 0 aliphatic rings. The first-order valence-electron chi connectivity index (χ1n) is 5.81. The predicted molar refractivity (Wildman–Crippen MR) is 69.1 cm³/mol. The first-order valence-corrected chi connectivity index (χ1v) is 5.81. The van der Waals surface area contributed by atoms with Gasteiger partial charge in [0.05, 0.1) is 7.11 Å². The highest BCUT2D eigenvalue weighted by atomic mass is 16.6. The summed E-state index contributed by atoms with van der Waals surface area (Å²) in [5, 5.41) is 0. The van der Waals surface area contributed by atoms with E-state index in [0.717, 1.165) is 5.56 Å². The molecule has 0 aliphatic carbocycles. The third kappa shape index (κ3) is 4.65. The SMILES string of the molecule is COc1cc(C)ccc1OCC(=O)OC(C)(C)C. The van der Waals surface area contributed by atoms with Crippen LogP contribution in [-0.2, 0) is 9.53 Å². The molecule has 0 amide bonds. The van der Waals surface area contributed by atoms with Crippen LogP contribution >= 0.6 is 0 Å². The first kappa shape index (κ1) is 14.4. The molecule has 4 nitrogen and oxygen atoms in total. The molecule has 1 rings (SSSR count). The highest BCUT2D eigenvalue weighted by molar-refractivity contribution is 5.71. The van der Waals surface area contributed by atoms with Crippen molar-refractivity contribution >= 4 is 5.97 Å². The van der Waals surface area contributed by atoms with E-state index in [1.165, 1.54) is 0 Å². The molecule has 0 fully saturated rings. The van der Waals surface area contributed by atoms with E-state index >= 15 is 0 Å². The fourth-order valence-corrected chi connectivity index (χ4v) is 1.40. The number of benzene rings is 1. The van der Waals surface area contributed by atoms with Crippen molar-refractivity contribution in [3.05, 3.63) is 23.8 Å². The molecule has 0 aliphatic heterocycles. The Morgan fingerprint density at radius 2 is 1.89 bits per heavy atom. The van der Waals surface area contributed by atoms with E-state index in [-0.39, 0.29) is 6.61 Å². The van der Waals surface area contributed by atoms with Crippen molar-refractivity contribution in [1.29, 1.82) is 0 Å². The average molecular weight is 252 g/mol. The largest absolute Gasteiger partial charge is 0.493 e. The van der Waals surface area contributed by atoms with E-state index in [2.05, 4.69) is 0 Å². The van der Waals surface area contributed by atoms with E-state index in [9.17, 15) is 4.79 Å². The second kappa shape index (κ2) is 5.76. The van der Waals surface area contributed by atoms with Gasteiger partial charge in [0.2, 0.25) is 0 Å². The monoisotopic (exact) mass is 252 g/mol. The van der Waals surface area contributed by atoms with E-state index in [1.807, 2.05) is 39.8 Å². The molecule has 0 unspecified atom stereocenters. The lowest BCUT2D eigenvalue weighted by atomic mass is 10.2. The number of methoxy groups -OCH3 is 1. The Balaban J connectivity index is 2.61. The fourth-order valence-electron chi connectivity index (χ4n) is 1.40. The lowest BCUT2D eigenvalue weighted by molar-refractivity contribution is -0.157. The summed E-state index contributed by atoms with van der Waals surface area (Å²) in [6, 6.07) is 5.52. The van der Waals surface area contributed by atoms with Crippen LogP contribution in [0.5, 0.6) is 11.5 Å². The van der Waals surface area contributed by atoms with Crippen LogP contribution in [0.2, 0.25) is 0 Å². The highest BCUT2D eigenvalue weighted by Gasteiger charge is 2.17. The minimum Gasteiger partial charge on any atom is -0.493 e. The number of hydrogen-bond donors (Lipinski definition) is 0. The van der Waals surface area contributed by atoms with Gasteiger partial charge in [-0.15, -0.1) is 0 Å². The van der Waals surface area contributed by atoms with Gasteiger partial charge in [-0.1, -0.05) is 6.07 Å². The van der Waals surface area contributed by atoms with Crippen LogP contribution in [0.3, 0.4) is 0 Å². The summed E-state index contributed by atoms with van der Waals surface area (Å²) in [7, 11) is 1.56. The first-order chi connectivity index (χ1) is 8.31. The predicted octanol–water partition coefficient (Wildman–Crippen LogP) is 2.72. The minimum absolute atomic E-state index is 0.128. The van der Waals surface area contributed by atoms with Crippen molar-refractivity contribution in [2.75, 3.05) is 13.7 Å². The van der Waals surface area contributed by atoms with Crippen LogP contribution in [0.4, 0.5) is 0 Å². The third-order valence-electron chi connectivity index (χ3n) is 2.08. The molecule has 0 bridgehead atoms. The van der Waals surface area contributed by atoms with Gasteiger partial charge in [0.15, 0.2) is 18.1 Å². The molecule has 1 aromatic rings. The Hall–Kier alpha value is -1.71. The molecule has 4 heteroatoms. The summed E-state index contributed by atoms with van der Waals surface area (Å²) < 4.78 is 15.7. The van der Waals surface area contributed by atoms with Crippen LogP contribution in [0.15, 0.2) is 18.2 Å². The Morgan fingerprint density at radius 1 is 1.22 bits per heavy atom. The maximum Gasteiger partial charge on any atom is 0.344 e. The zero-order valence-corrected chi connectivity index (χ0v) is 11.6. The zero-order valence-electron chi connectivity index (χ0n) is 11.6. The normalized spacial score (nSPS) is 10.9. The highest BCUT2D eigenvalue weighted by Crippen LogP contribution is 2.27. The molecule has 18 heavy (non-hydrogen) atoms. The summed E-state index contributed by atoms with van der Waals surface area (Å²) in [6.45, 7) is 7.28. The van der Waals surface area contributed by atoms with Crippen molar-refractivity contribution in [2.45, 2.75) is 33.3 Å². The Kier molecular flexibility index (Phi) is 4.59. The quantitative estimate of drug-likeness (QED) is 0.773. The molecular formula is C14H20O4.